The number of hydrogen-bond donors (Lipinski definition) is 2. The zero-order valence-corrected chi connectivity index (χ0v) is 28.3. The van der Waals surface area contributed by atoms with Crippen molar-refractivity contribution in [2.45, 2.75) is 63.7 Å². The van der Waals surface area contributed by atoms with Gasteiger partial charge in [-0.15, -0.1) is 11.3 Å². The third-order valence-electron chi connectivity index (χ3n) is 9.09. The Kier molecular flexibility index (Phi) is 11.0. The summed E-state index contributed by atoms with van der Waals surface area (Å²) in [6, 6.07) is 12.7. The standard InChI is InChI=1S/C20H20N2O4.C15H17F3N4OS/c1-22(17-8-4-6-12-5-2-3-7-14(12)17)19(24)15-10-9-13(20(25)26)11-16(15)18(21)23;1-10-8-12(15(16,17)18)20-22(10)9-13(23)21-5-2-11(3-6-21)14-19-4-7-24-14/h2-3,5,7,9-11,17H,4,6,8H2,1H3,(H2,21,23)(H,25,26);4,7-8,11H,2-3,5-6,9H2,1H3/t17-;/m1./s1. The number of carboxylic acids is 1. The molecule has 2 aliphatic rings. The maximum Gasteiger partial charge on any atom is 0.435 e. The summed E-state index contributed by atoms with van der Waals surface area (Å²) >= 11 is 1.61. The molecule has 0 spiro atoms. The van der Waals surface area contributed by atoms with Gasteiger partial charge in [0, 0.05) is 43.3 Å². The third kappa shape index (κ3) is 8.21. The maximum atomic E-state index is 13.0. The van der Waals surface area contributed by atoms with Crippen LogP contribution in [0.1, 0.15) is 96.2 Å². The largest absolute Gasteiger partial charge is 0.478 e. The van der Waals surface area contributed by atoms with Gasteiger partial charge < -0.3 is 20.6 Å². The van der Waals surface area contributed by atoms with Crippen molar-refractivity contribution in [2.24, 2.45) is 5.73 Å². The number of carbonyl (C=O) groups excluding carboxylic acids is 3. The van der Waals surface area contributed by atoms with Crippen LogP contribution in [0.4, 0.5) is 13.2 Å². The molecule has 0 bridgehead atoms. The molecule has 1 aliphatic heterocycles. The molecular weight excluding hydrogens is 673 g/mol. The lowest BCUT2D eigenvalue weighted by Crippen LogP contribution is -2.40. The van der Waals surface area contributed by atoms with Crippen molar-refractivity contribution in [1.29, 1.82) is 0 Å². The summed E-state index contributed by atoms with van der Waals surface area (Å²) in [5, 5.41) is 15.6. The highest BCUT2D eigenvalue weighted by Gasteiger charge is 2.35. The number of nitrogens with zero attached hydrogens (tertiary/aromatic N) is 5. The summed E-state index contributed by atoms with van der Waals surface area (Å²) < 4.78 is 39.1. The predicted molar refractivity (Wildman–Crippen MR) is 179 cm³/mol. The Morgan fingerprint density at radius 1 is 1.04 bits per heavy atom. The van der Waals surface area contributed by atoms with Gasteiger partial charge in [0.05, 0.1) is 27.7 Å². The Labute approximate surface area is 290 Å². The topological polar surface area (TPSA) is 152 Å². The van der Waals surface area contributed by atoms with E-state index in [-0.39, 0.29) is 41.1 Å². The summed E-state index contributed by atoms with van der Waals surface area (Å²) in [6.07, 6.45) is 1.71. The van der Waals surface area contributed by atoms with Crippen molar-refractivity contribution in [1.82, 2.24) is 24.6 Å². The lowest BCUT2D eigenvalue weighted by molar-refractivity contribution is -0.142. The molecule has 3 heterocycles. The van der Waals surface area contributed by atoms with Gasteiger partial charge in [0.15, 0.2) is 5.69 Å². The number of hydrogen-bond acceptors (Lipinski definition) is 7. The van der Waals surface area contributed by atoms with Gasteiger partial charge in [-0.25, -0.2) is 9.78 Å². The summed E-state index contributed by atoms with van der Waals surface area (Å²) in [4.78, 5) is 55.9. The molecule has 1 saturated heterocycles. The monoisotopic (exact) mass is 710 g/mol. The molecule has 0 unspecified atom stereocenters. The highest BCUT2D eigenvalue weighted by molar-refractivity contribution is 7.09. The number of aromatic nitrogens is 3. The molecule has 0 saturated carbocycles. The molecule has 2 aromatic heterocycles. The molecule has 3 amide bonds. The summed E-state index contributed by atoms with van der Waals surface area (Å²) in [6.45, 7) is 2.54. The van der Waals surface area contributed by atoms with E-state index in [1.54, 1.807) is 34.4 Å². The molecule has 264 valence electrons. The minimum Gasteiger partial charge on any atom is -0.478 e. The average Bonchev–Trinajstić information content (AvgIpc) is 3.78. The van der Waals surface area contributed by atoms with Gasteiger partial charge >= 0.3 is 12.1 Å². The smallest absolute Gasteiger partial charge is 0.435 e. The lowest BCUT2D eigenvalue weighted by Gasteiger charge is -2.33. The number of piperidine rings is 1. The molecule has 4 aromatic rings. The van der Waals surface area contributed by atoms with E-state index in [4.69, 9.17) is 10.8 Å². The van der Waals surface area contributed by atoms with E-state index in [0.717, 1.165) is 59.5 Å². The molecule has 50 heavy (non-hydrogen) atoms. The number of primary amides is 1. The van der Waals surface area contributed by atoms with Crippen LogP contribution in [0.15, 0.2) is 60.1 Å². The Balaban J connectivity index is 0.000000195. The number of nitrogens with two attached hydrogens (primary N) is 1. The van der Waals surface area contributed by atoms with Crippen molar-refractivity contribution in [3.8, 4) is 0 Å². The van der Waals surface area contributed by atoms with Gasteiger partial charge in [0.25, 0.3) is 5.91 Å². The van der Waals surface area contributed by atoms with Gasteiger partial charge in [0.2, 0.25) is 11.8 Å². The first-order chi connectivity index (χ1) is 23.7. The molecule has 11 nitrogen and oxygen atoms in total. The Morgan fingerprint density at radius 2 is 1.76 bits per heavy atom. The fourth-order valence-electron chi connectivity index (χ4n) is 6.38. The number of alkyl halides is 3. The van der Waals surface area contributed by atoms with Gasteiger partial charge in [-0.1, -0.05) is 24.3 Å². The quantitative estimate of drug-likeness (QED) is 0.250. The van der Waals surface area contributed by atoms with E-state index >= 15 is 0 Å². The third-order valence-corrected chi connectivity index (χ3v) is 10.0. The molecule has 6 rings (SSSR count). The first-order valence-corrected chi connectivity index (χ1v) is 16.9. The van der Waals surface area contributed by atoms with Crippen molar-refractivity contribution in [3.05, 3.63) is 104 Å². The molecule has 1 atom stereocenters. The van der Waals surface area contributed by atoms with E-state index in [2.05, 4.69) is 16.1 Å². The first kappa shape index (κ1) is 36.2. The second kappa shape index (κ2) is 15.2. The number of rotatable bonds is 7. The minimum absolute atomic E-state index is 0.0779. The van der Waals surface area contributed by atoms with E-state index in [0.29, 0.717) is 24.7 Å². The number of thiazole rings is 1. The Morgan fingerprint density at radius 3 is 2.38 bits per heavy atom. The van der Waals surface area contributed by atoms with Crippen LogP contribution < -0.4 is 5.73 Å². The van der Waals surface area contributed by atoms with E-state index in [1.807, 2.05) is 23.6 Å². The molecule has 1 fully saturated rings. The molecule has 1 aliphatic carbocycles. The Hall–Kier alpha value is -5.05. The second-order valence-corrected chi connectivity index (χ2v) is 13.2. The number of likely N-dealkylation sites (tertiary alicyclic amines) is 1. The van der Waals surface area contributed by atoms with Crippen LogP contribution >= 0.6 is 11.3 Å². The highest BCUT2D eigenvalue weighted by Crippen LogP contribution is 2.35. The number of carbonyl (C=O) groups is 4. The van der Waals surface area contributed by atoms with Gasteiger partial charge in [-0.2, -0.15) is 18.3 Å². The molecule has 2 aromatic carbocycles. The van der Waals surface area contributed by atoms with Gasteiger partial charge in [0.1, 0.15) is 6.54 Å². The number of benzene rings is 2. The van der Waals surface area contributed by atoms with Crippen molar-refractivity contribution in [3.63, 3.8) is 0 Å². The van der Waals surface area contributed by atoms with E-state index < -0.39 is 23.7 Å². The van der Waals surface area contributed by atoms with Crippen LogP contribution in [0.25, 0.3) is 0 Å². The number of carboxylic acid groups (broad SMARTS) is 1. The van der Waals surface area contributed by atoms with Crippen LogP contribution in [0.5, 0.6) is 0 Å². The summed E-state index contributed by atoms with van der Waals surface area (Å²) in [7, 11) is 1.70. The van der Waals surface area contributed by atoms with E-state index in [9.17, 15) is 32.3 Å². The van der Waals surface area contributed by atoms with Crippen LogP contribution in [-0.2, 0) is 23.9 Å². The van der Waals surface area contributed by atoms with Crippen molar-refractivity contribution in [2.75, 3.05) is 20.1 Å². The predicted octanol–water partition coefficient (Wildman–Crippen LogP) is 5.71. The SMILES string of the molecule is CN(C(=O)c1ccc(C(=O)O)cc1C(N)=O)[C@@H]1CCCc2ccccc21.Cc1cc(C(F)(F)F)nn1CC(=O)N1CCC(c2nccs2)CC1. The van der Waals surface area contributed by atoms with Crippen LogP contribution in [-0.4, -0.2) is 73.5 Å². The normalized spacial score (nSPS) is 16.2. The van der Waals surface area contributed by atoms with E-state index in [1.165, 1.54) is 24.6 Å². The van der Waals surface area contributed by atoms with Crippen LogP contribution in [0.3, 0.4) is 0 Å². The molecular formula is C35H37F3N6O5S. The fourth-order valence-corrected chi connectivity index (χ4v) is 7.19. The molecule has 0 radical (unpaired) electrons. The first-order valence-electron chi connectivity index (χ1n) is 16.1. The number of halogens is 3. The van der Waals surface area contributed by atoms with Gasteiger partial charge in [-0.3, -0.25) is 19.1 Å². The second-order valence-electron chi connectivity index (χ2n) is 12.3. The summed E-state index contributed by atoms with van der Waals surface area (Å²) in [5.41, 5.74) is 7.03. The van der Waals surface area contributed by atoms with Crippen molar-refractivity contribution < 1.29 is 37.5 Å². The number of aromatic carboxylic acids is 1. The highest BCUT2D eigenvalue weighted by atomic mass is 32.1. The van der Waals surface area contributed by atoms with Gasteiger partial charge in [-0.05, 0) is 74.4 Å². The lowest BCUT2D eigenvalue weighted by atomic mass is 9.86. The number of aryl methyl sites for hydroxylation is 2. The minimum atomic E-state index is -4.49. The number of fused-ring (bicyclic) bond motifs is 1. The zero-order valence-electron chi connectivity index (χ0n) is 27.5. The zero-order chi connectivity index (χ0) is 36.2. The van der Waals surface area contributed by atoms with Crippen LogP contribution in [0.2, 0.25) is 0 Å². The Bertz CT molecular complexity index is 1870. The van der Waals surface area contributed by atoms with Crippen molar-refractivity contribution >= 4 is 35.0 Å². The summed E-state index contributed by atoms with van der Waals surface area (Å²) in [5.74, 6) is -2.20. The average molecular weight is 711 g/mol. The molecule has 15 heteroatoms. The fraction of sp³-hybridized carbons (Fsp3) is 0.371. The maximum absolute atomic E-state index is 13.0. The number of amides is 3. The molecule has 3 N–H and O–H groups in total. The van der Waals surface area contributed by atoms with Crippen LogP contribution in [0, 0.1) is 6.92 Å².